The minimum atomic E-state index is 0.586. The Hall–Kier alpha value is -1.58. The lowest BCUT2D eigenvalue weighted by Crippen LogP contribution is -2.16. The maximum absolute atomic E-state index is 4.54. The van der Waals surface area contributed by atoms with Crippen LogP contribution in [0.2, 0.25) is 0 Å². The lowest BCUT2D eigenvalue weighted by atomic mass is 10.2. The number of nitrogens with one attached hydrogen (secondary N) is 2. The number of fused-ring (bicyclic) bond motifs is 1. The van der Waals surface area contributed by atoms with Gasteiger partial charge in [-0.2, -0.15) is 0 Å². The number of nitrogens with zero attached hydrogens (tertiary/aromatic N) is 2. The van der Waals surface area contributed by atoms with Crippen LogP contribution in [-0.4, -0.2) is 21.0 Å². The summed E-state index contributed by atoms with van der Waals surface area (Å²) in [6, 6.07) is 2.70. The second kappa shape index (κ2) is 4.02. The van der Waals surface area contributed by atoms with Crippen molar-refractivity contribution in [2.24, 2.45) is 0 Å². The van der Waals surface area contributed by atoms with Crippen LogP contribution in [0.4, 0.5) is 5.82 Å². The van der Waals surface area contributed by atoms with Gasteiger partial charge in [0.05, 0.1) is 5.39 Å². The van der Waals surface area contributed by atoms with E-state index in [1.54, 1.807) is 0 Å². The van der Waals surface area contributed by atoms with E-state index in [9.17, 15) is 0 Å². The van der Waals surface area contributed by atoms with Gasteiger partial charge in [0.2, 0.25) is 0 Å². The fraction of sp³-hybridized carbons (Fsp3) is 0.538. The van der Waals surface area contributed by atoms with Gasteiger partial charge >= 0.3 is 0 Å². The lowest BCUT2D eigenvalue weighted by Gasteiger charge is -2.13. The molecule has 1 fully saturated rings. The number of hydrogen-bond donors (Lipinski definition) is 2. The Labute approximate surface area is 101 Å². The van der Waals surface area contributed by atoms with E-state index < -0.39 is 0 Å². The summed E-state index contributed by atoms with van der Waals surface area (Å²) in [5.74, 6) is 1.81. The molecule has 0 aromatic carbocycles. The smallest absolute Gasteiger partial charge is 0.143 e. The van der Waals surface area contributed by atoms with Gasteiger partial charge in [-0.1, -0.05) is 12.8 Å². The van der Waals surface area contributed by atoms with Gasteiger partial charge in [0.25, 0.3) is 0 Å². The predicted molar refractivity (Wildman–Crippen MR) is 69.2 cm³/mol. The molecule has 0 unspecified atom stereocenters. The Bertz CT molecular complexity index is 538. The summed E-state index contributed by atoms with van der Waals surface area (Å²) in [5.41, 5.74) is 2.07. The van der Waals surface area contributed by atoms with Crippen LogP contribution in [0.3, 0.4) is 0 Å². The molecular formula is C13H18N4. The minimum absolute atomic E-state index is 0.586. The van der Waals surface area contributed by atoms with Crippen LogP contribution < -0.4 is 5.32 Å². The number of aryl methyl sites for hydroxylation is 2. The molecule has 2 aromatic heterocycles. The Morgan fingerprint density at radius 2 is 2.00 bits per heavy atom. The van der Waals surface area contributed by atoms with Crippen molar-refractivity contribution < 1.29 is 0 Å². The van der Waals surface area contributed by atoms with Gasteiger partial charge in [0, 0.05) is 11.7 Å². The minimum Gasteiger partial charge on any atom is -0.367 e. The number of H-pyrrole nitrogens is 1. The van der Waals surface area contributed by atoms with Gasteiger partial charge < -0.3 is 10.3 Å². The van der Waals surface area contributed by atoms with E-state index in [0.717, 1.165) is 28.4 Å². The maximum atomic E-state index is 4.54. The highest BCUT2D eigenvalue weighted by Crippen LogP contribution is 2.26. The number of anilines is 1. The van der Waals surface area contributed by atoms with E-state index in [1.165, 1.54) is 25.7 Å². The molecule has 2 N–H and O–H groups in total. The van der Waals surface area contributed by atoms with Crippen molar-refractivity contribution in [3.8, 4) is 0 Å². The summed E-state index contributed by atoms with van der Waals surface area (Å²) in [5, 5.41) is 4.68. The highest BCUT2D eigenvalue weighted by Gasteiger charge is 2.17. The van der Waals surface area contributed by atoms with Gasteiger partial charge in [-0.3, -0.25) is 0 Å². The van der Waals surface area contributed by atoms with Crippen molar-refractivity contribution in [2.75, 3.05) is 5.32 Å². The van der Waals surface area contributed by atoms with Crippen LogP contribution in [-0.2, 0) is 0 Å². The zero-order chi connectivity index (χ0) is 11.8. The molecule has 90 valence electrons. The summed E-state index contributed by atoms with van der Waals surface area (Å²) < 4.78 is 0. The fourth-order valence-corrected chi connectivity index (χ4v) is 2.63. The first-order chi connectivity index (χ1) is 8.22. The van der Waals surface area contributed by atoms with E-state index >= 15 is 0 Å². The molecule has 0 saturated heterocycles. The zero-order valence-electron chi connectivity index (χ0n) is 10.4. The first kappa shape index (κ1) is 10.6. The Morgan fingerprint density at radius 1 is 1.24 bits per heavy atom. The number of aromatic nitrogens is 3. The molecule has 1 aliphatic rings. The largest absolute Gasteiger partial charge is 0.367 e. The van der Waals surface area contributed by atoms with Gasteiger partial charge in [-0.05, 0) is 32.8 Å². The van der Waals surface area contributed by atoms with E-state index in [-0.39, 0.29) is 0 Å². The molecule has 4 heteroatoms. The quantitative estimate of drug-likeness (QED) is 0.834. The third-order valence-electron chi connectivity index (χ3n) is 3.43. The van der Waals surface area contributed by atoms with Crippen molar-refractivity contribution in [3.63, 3.8) is 0 Å². The molecule has 3 rings (SSSR count). The Balaban J connectivity index is 2.01. The highest BCUT2D eigenvalue weighted by molar-refractivity contribution is 5.87. The monoisotopic (exact) mass is 230 g/mol. The molecule has 0 bridgehead atoms. The standard InChI is InChI=1S/C13H18N4/c1-8-7-11-12(14-8)15-9(2)16-13(11)17-10-5-3-4-6-10/h7,10H,3-6H2,1-2H3,(H2,14,15,16,17). The predicted octanol–water partition coefficient (Wildman–Crippen LogP) is 2.93. The normalized spacial score (nSPS) is 16.8. The van der Waals surface area contributed by atoms with E-state index in [1.807, 2.05) is 6.92 Å². The second-order valence-corrected chi connectivity index (χ2v) is 4.96. The molecule has 1 saturated carbocycles. The molecule has 0 atom stereocenters. The Morgan fingerprint density at radius 3 is 2.76 bits per heavy atom. The third kappa shape index (κ3) is 1.99. The van der Waals surface area contributed by atoms with E-state index in [0.29, 0.717) is 6.04 Å². The van der Waals surface area contributed by atoms with E-state index in [4.69, 9.17) is 0 Å². The number of aromatic amines is 1. The average Bonchev–Trinajstić information content (AvgIpc) is 2.86. The third-order valence-corrected chi connectivity index (χ3v) is 3.43. The lowest BCUT2D eigenvalue weighted by molar-refractivity contribution is 0.750. The van der Waals surface area contributed by atoms with Gasteiger partial charge in [-0.25, -0.2) is 9.97 Å². The molecule has 2 aromatic rings. The molecular weight excluding hydrogens is 212 g/mol. The van der Waals surface area contributed by atoms with Gasteiger partial charge in [0.1, 0.15) is 17.3 Å². The summed E-state index contributed by atoms with van der Waals surface area (Å²) in [4.78, 5) is 12.2. The molecule has 1 aliphatic carbocycles. The van der Waals surface area contributed by atoms with Gasteiger partial charge in [0.15, 0.2) is 0 Å². The molecule has 17 heavy (non-hydrogen) atoms. The molecule has 0 radical (unpaired) electrons. The molecule has 0 aliphatic heterocycles. The van der Waals surface area contributed by atoms with Crippen LogP contribution in [0.25, 0.3) is 11.0 Å². The molecule has 0 amide bonds. The topological polar surface area (TPSA) is 53.6 Å². The van der Waals surface area contributed by atoms with Gasteiger partial charge in [-0.15, -0.1) is 0 Å². The first-order valence-electron chi connectivity index (χ1n) is 6.33. The average molecular weight is 230 g/mol. The molecule has 4 nitrogen and oxygen atoms in total. The maximum Gasteiger partial charge on any atom is 0.143 e. The van der Waals surface area contributed by atoms with Crippen molar-refractivity contribution in [3.05, 3.63) is 17.6 Å². The van der Waals surface area contributed by atoms with Crippen molar-refractivity contribution in [1.29, 1.82) is 0 Å². The second-order valence-electron chi connectivity index (χ2n) is 4.96. The van der Waals surface area contributed by atoms with Crippen molar-refractivity contribution >= 4 is 16.9 Å². The number of rotatable bonds is 2. The van der Waals surface area contributed by atoms with Crippen LogP contribution >= 0.6 is 0 Å². The van der Waals surface area contributed by atoms with E-state index in [2.05, 4.69) is 33.3 Å². The SMILES string of the molecule is Cc1nc(NC2CCCC2)c2cc(C)[nH]c2n1. The van der Waals surface area contributed by atoms with Crippen molar-refractivity contribution in [1.82, 2.24) is 15.0 Å². The van der Waals surface area contributed by atoms with Crippen LogP contribution in [0.15, 0.2) is 6.07 Å². The molecule has 0 spiro atoms. The number of hydrogen-bond acceptors (Lipinski definition) is 3. The molecule has 2 heterocycles. The van der Waals surface area contributed by atoms with Crippen LogP contribution in [0.5, 0.6) is 0 Å². The van der Waals surface area contributed by atoms with Crippen LogP contribution in [0.1, 0.15) is 37.2 Å². The fourth-order valence-electron chi connectivity index (χ4n) is 2.63. The summed E-state index contributed by atoms with van der Waals surface area (Å²) >= 11 is 0. The van der Waals surface area contributed by atoms with Crippen LogP contribution in [0, 0.1) is 13.8 Å². The Kier molecular flexibility index (Phi) is 2.50. The zero-order valence-corrected chi connectivity index (χ0v) is 10.4. The van der Waals surface area contributed by atoms with Crippen molar-refractivity contribution in [2.45, 2.75) is 45.6 Å². The summed E-state index contributed by atoms with van der Waals surface area (Å²) in [7, 11) is 0. The summed E-state index contributed by atoms with van der Waals surface area (Å²) in [6.45, 7) is 3.99. The first-order valence-corrected chi connectivity index (χ1v) is 6.33. The summed E-state index contributed by atoms with van der Waals surface area (Å²) in [6.07, 6.45) is 5.18. The highest BCUT2D eigenvalue weighted by atomic mass is 15.1.